The van der Waals surface area contributed by atoms with E-state index in [2.05, 4.69) is 22.4 Å². The zero-order valence-corrected chi connectivity index (χ0v) is 11.3. The molecule has 0 atom stereocenters. The molecule has 1 heterocycles. The maximum absolute atomic E-state index is 11.5. The Kier molecular flexibility index (Phi) is 4.28. The zero-order valence-electron chi connectivity index (χ0n) is 11.3. The highest BCUT2D eigenvalue weighted by molar-refractivity contribution is 5.96. The summed E-state index contributed by atoms with van der Waals surface area (Å²) in [5.41, 5.74) is 1.73. The number of hydrogen-bond acceptors (Lipinski definition) is 4. The molecular formula is C14H18N4O. The van der Waals surface area contributed by atoms with Gasteiger partial charge in [-0.25, -0.2) is 0 Å². The maximum Gasteiger partial charge on any atom is 0.162 e. The molecule has 0 radical (unpaired) electrons. The van der Waals surface area contributed by atoms with Gasteiger partial charge in [-0.05, 0) is 31.2 Å². The number of nitrogens with zero attached hydrogens (tertiary/aromatic N) is 3. The number of carbonyl (C=O) groups excluding carboxylic acids is 1. The highest BCUT2D eigenvalue weighted by Crippen LogP contribution is 2.12. The van der Waals surface area contributed by atoms with Crippen molar-refractivity contribution in [1.82, 2.24) is 14.8 Å². The third-order valence-electron chi connectivity index (χ3n) is 3.02. The Balaban J connectivity index is 1.98. The Morgan fingerprint density at radius 2 is 2.00 bits per heavy atom. The van der Waals surface area contributed by atoms with Gasteiger partial charge in [-0.2, -0.15) is 0 Å². The number of aromatic nitrogens is 3. The first-order chi connectivity index (χ1) is 9.24. The zero-order chi connectivity index (χ0) is 13.7. The van der Waals surface area contributed by atoms with Gasteiger partial charge in [0.25, 0.3) is 0 Å². The Bertz CT molecular complexity index is 545. The molecule has 19 heavy (non-hydrogen) atoms. The number of anilines is 1. The Hall–Kier alpha value is -2.17. The summed E-state index contributed by atoms with van der Waals surface area (Å²) in [6, 6.07) is 7.52. The van der Waals surface area contributed by atoms with Crippen molar-refractivity contribution in [1.29, 1.82) is 0 Å². The molecule has 0 aliphatic rings. The fraction of sp³-hybridized carbons (Fsp3) is 0.357. The SMILES string of the molecule is CCC(=O)c1ccc(NCc2nncn2CC)cc1. The van der Waals surface area contributed by atoms with E-state index in [1.54, 1.807) is 6.33 Å². The lowest BCUT2D eigenvalue weighted by Crippen LogP contribution is -2.07. The van der Waals surface area contributed by atoms with Crippen LogP contribution in [-0.4, -0.2) is 20.5 Å². The van der Waals surface area contributed by atoms with E-state index in [-0.39, 0.29) is 5.78 Å². The van der Waals surface area contributed by atoms with Gasteiger partial charge in [-0.15, -0.1) is 10.2 Å². The van der Waals surface area contributed by atoms with Crippen LogP contribution < -0.4 is 5.32 Å². The number of hydrogen-bond donors (Lipinski definition) is 1. The van der Waals surface area contributed by atoms with Crippen molar-refractivity contribution in [2.45, 2.75) is 33.4 Å². The second kappa shape index (κ2) is 6.13. The minimum atomic E-state index is 0.164. The fourth-order valence-electron chi connectivity index (χ4n) is 1.84. The summed E-state index contributed by atoms with van der Waals surface area (Å²) in [6.07, 6.45) is 2.26. The van der Waals surface area contributed by atoms with Gasteiger partial charge in [0.15, 0.2) is 11.6 Å². The van der Waals surface area contributed by atoms with E-state index in [0.29, 0.717) is 13.0 Å². The van der Waals surface area contributed by atoms with E-state index < -0.39 is 0 Å². The molecule has 0 amide bonds. The van der Waals surface area contributed by atoms with Gasteiger partial charge in [0.05, 0.1) is 6.54 Å². The predicted octanol–water partition coefficient (Wildman–Crippen LogP) is 2.50. The number of carbonyl (C=O) groups is 1. The van der Waals surface area contributed by atoms with Gasteiger partial charge in [-0.1, -0.05) is 6.92 Å². The highest BCUT2D eigenvalue weighted by Gasteiger charge is 2.04. The lowest BCUT2D eigenvalue weighted by molar-refractivity contribution is 0.0988. The molecule has 1 N–H and O–H groups in total. The molecule has 0 saturated heterocycles. The molecule has 1 aromatic heterocycles. The van der Waals surface area contributed by atoms with Gasteiger partial charge in [0.2, 0.25) is 0 Å². The van der Waals surface area contributed by atoms with Gasteiger partial charge in [0, 0.05) is 24.2 Å². The molecule has 0 bridgehead atoms. The number of rotatable bonds is 6. The van der Waals surface area contributed by atoms with Crippen LogP contribution >= 0.6 is 0 Å². The minimum Gasteiger partial charge on any atom is -0.378 e. The van der Waals surface area contributed by atoms with Gasteiger partial charge in [0.1, 0.15) is 6.33 Å². The van der Waals surface area contributed by atoms with Crippen LogP contribution in [0, 0.1) is 0 Å². The Labute approximate surface area is 112 Å². The Morgan fingerprint density at radius 1 is 1.26 bits per heavy atom. The van der Waals surface area contributed by atoms with Crippen molar-refractivity contribution >= 4 is 11.5 Å². The minimum absolute atomic E-state index is 0.164. The van der Waals surface area contributed by atoms with Crippen molar-refractivity contribution in [2.75, 3.05) is 5.32 Å². The quantitative estimate of drug-likeness (QED) is 0.809. The second-order valence-electron chi connectivity index (χ2n) is 4.24. The molecule has 2 aromatic rings. The monoisotopic (exact) mass is 258 g/mol. The van der Waals surface area contributed by atoms with E-state index >= 15 is 0 Å². The van der Waals surface area contributed by atoms with Crippen molar-refractivity contribution in [2.24, 2.45) is 0 Å². The molecule has 0 saturated carbocycles. The first-order valence-electron chi connectivity index (χ1n) is 6.48. The lowest BCUT2D eigenvalue weighted by Gasteiger charge is -2.07. The van der Waals surface area contributed by atoms with E-state index in [9.17, 15) is 4.79 Å². The molecule has 2 rings (SSSR count). The van der Waals surface area contributed by atoms with Crippen LogP contribution in [-0.2, 0) is 13.1 Å². The first-order valence-corrected chi connectivity index (χ1v) is 6.48. The second-order valence-corrected chi connectivity index (χ2v) is 4.24. The molecule has 0 unspecified atom stereocenters. The summed E-state index contributed by atoms with van der Waals surface area (Å²) in [6.45, 7) is 5.40. The topological polar surface area (TPSA) is 59.8 Å². The molecule has 5 nitrogen and oxygen atoms in total. The summed E-state index contributed by atoms with van der Waals surface area (Å²) in [5.74, 6) is 1.06. The van der Waals surface area contributed by atoms with Crippen LogP contribution in [0.2, 0.25) is 0 Å². The summed E-state index contributed by atoms with van der Waals surface area (Å²) < 4.78 is 1.99. The molecular weight excluding hydrogens is 240 g/mol. The van der Waals surface area contributed by atoms with Crippen molar-refractivity contribution in [3.8, 4) is 0 Å². The van der Waals surface area contributed by atoms with Gasteiger partial charge >= 0.3 is 0 Å². The summed E-state index contributed by atoms with van der Waals surface area (Å²) in [7, 11) is 0. The van der Waals surface area contributed by atoms with E-state index in [1.165, 1.54) is 0 Å². The smallest absolute Gasteiger partial charge is 0.162 e. The number of nitrogens with one attached hydrogen (secondary N) is 1. The number of Topliss-reactive ketones (excluding diaryl/α,β-unsaturated/α-hetero) is 1. The standard InChI is InChI=1S/C14H18N4O/c1-3-13(19)11-5-7-12(8-6-11)15-9-14-17-16-10-18(14)4-2/h5-8,10,15H,3-4,9H2,1-2H3. The largest absolute Gasteiger partial charge is 0.378 e. The van der Waals surface area contributed by atoms with E-state index in [0.717, 1.165) is 23.6 Å². The average molecular weight is 258 g/mol. The third-order valence-corrected chi connectivity index (χ3v) is 3.02. The normalized spacial score (nSPS) is 10.4. The van der Waals surface area contributed by atoms with E-state index in [4.69, 9.17) is 0 Å². The molecule has 1 aromatic carbocycles. The molecule has 5 heteroatoms. The number of aryl methyl sites for hydroxylation is 1. The Morgan fingerprint density at radius 3 is 2.63 bits per heavy atom. The van der Waals surface area contributed by atoms with Crippen LogP contribution in [0.1, 0.15) is 36.5 Å². The van der Waals surface area contributed by atoms with Crippen LogP contribution in [0.15, 0.2) is 30.6 Å². The maximum atomic E-state index is 11.5. The molecule has 0 fully saturated rings. The van der Waals surface area contributed by atoms with Crippen molar-refractivity contribution in [3.63, 3.8) is 0 Å². The van der Waals surface area contributed by atoms with E-state index in [1.807, 2.05) is 35.8 Å². The summed E-state index contributed by atoms with van der Waals surface area (Å²) in [5, 5.41) is 11.2. The van der Waals surface area contributed by atoms with Crippen LogP contribution in [0.5, 0.6) is 0 Å². The van der Waals surface area contributed by atoms with Gasteiger partial charge < -0.3 is 9.88 Å². The lowest BCUT2D eigenvalue weighted by atomic mass is 10.1. The number of ketones is 1. The highest BCUT2D eigenvalue weighted by atomic mass is 16.1. The average Bonchev–Trinajstić information content (AvgIpc) is 2.92. The van der Waals surface area contributed by atoms with Crippen LogP contribution in [0.3, 0.4) is 0 Å². The fourth-order valence-corrected chi connectivity index (χ4v) is 1.84. The molecule has 100 valence electrons. The van der Waals surface area contributed by atoms with Crippen LogP contribution in [0.4, 0.5) is 5.69 Å². The van der Waals surface area contributed by atoms with Crippen LogP contribution in [0.25, 0.3) is 0 Å². The van der Waals surface area contributed by atoms with Gasteiger partial charge in [-0.3, -0.25) is 4.79 Å². The summed E-state index contributed by atoms with van der Waals surface area (Å²) in [4.78, 5) is 11.5. The first kappa shape index (κ1) is 13.3. The third kappa shape index (κ3) is 3.19. The van der Waals surface area contributed by atoms with Crippen molar-refractivity contribution < 1.29 is 4.79 Å². The molecule has 0 spiro atoms. The predicted molar refractivity (Wildman–Crippen MR) is 74.1 cm³/mol. The van der Waals surface area contributed by atoms with Crippen molar-refractivity contribution in [3.05, 3.63) is 42.0 Å². The number of benzene rings is 1. The summed E-state index contributed by atoms with van der Waals surface area (Å²) >= 11 is 0. The molecule has 0 aliphatic carbocycles. The molecule has 0 aliphatic heterocycles.